The molecule has 3 aromatic carbocycles. The summed E-state index contributed by atoms with van der Waals surface area (Å²) in [6.45, 7) is 2.99. The molecule has 28 heavy (non-hydrogen) atoms. The van der Waals surface area contributed by atoms with Crippen molar-refractivity contribution in [3.05, 3.63) is 83.9 Å². The molecule has 0 fully saturated rings. The lowest BCUT2D eigenvalue weighted by Crippen LogP contribution is -2.29. The van der Waals surface area contributed by atoms with Gasteiger partial charge in [0.1, 0.15) is 5.75 Å². The molecule has 0 amide bonds. The Morgan fingerprint density at radius 2 is 1.89 bits per heavy atom. The minimum Gasteiger partial charge on any atom is -0.494 e. The lowest BCUT2D eigenvalue weighted by atomic mass is 9.76. The summed E-state index contributed by atoms with van der Waals surface area (Å²) in [5.41, 5.74) is 4.03. The number of ether oxygens (including phenoxy) is 1. The van der Waals surface area contributed by atoms with E-state index in [4.69, 9.17) is 4.74 Å². The molecule has 0 aromatic heterocycles. The van der Waals surface area contributed by atoms with Crippen LogP contribution in [0.5, 0.6) is 5.75 Å². The van der Waals surface area contributed by atoms with Crippen LogP contribution in [-0.4, -0.2) is 6.61 Å². The van der Waals surface area contributed by atoms with E-state index in [0.29, 0.717) is 17.9 Å². The number of hydrogen-bond donors (Lipinski definition) is 1. The van der Waals surface area contributed by atoms with Crippen molar-refractivity contribution in [2.75, 3.05) is 11.9 Å². The van der Waals surface area contributed by atoms with Crippen molar-refractivity contribution in [3.63, 3.8) is 0 Å². The number of rotatable bonds is 5. The fourth-order valence-electron chi connectivity index (χ4n) is 4.83. The summed E-state index contributed by atoms with van der Waals surface area (Å²) in [5.74, 6) is 2.00. The molecule has 2 nitrogen and oxygen atoms in total. The van der Waals surface area contributed by atoms with Crippen molar-refractivity contribution in [1.82, 2.24) is 0 Å². The quantitative estimate of drug-likeness (QED) is 0.392. The molecule has 0 saturated heterocycles. The van der Waals surface area contributed by atoms with Gasteiger partial charge in [0, 0.05) is 11.6 Å². The summed E-state index contributed by atoms with van der Waals surface area (Å²) in [6, 6.07) is 22.3. The van der Waals surface area contributed by atoms with E-state index in [9.17, 15) is 0 Å². The largest absolute Gasteiger partial charge is 0.494 e. The van der Waals surface area contributed by atoms with E-state index in [1.807, 2.05) is 0 Å². The summed E-state index contributed by atoms with van der Waals surface area (Å²) in [6.07, 6.45) is 8.14. The van der Waals surface area contributed by atoms with Crippen molar-refractivity contribution < 1.29 is 4.74 Å². The Balaban J connectivity index is 1.52. The number of fused-ring (bicyclic) bond motifs is 4. The lowest BCUT2D eigenvalue weighted by molar-refractivity contribution is 0.308. The maximum atomic E-state index is 5.98. The van der Waals surface area contributed by atoms with E-state index >= 15 is 0 Å². The zero-order chi connectivity index (χ0) is 18.9. The van der Waals surface area contributed by atoms with Gasteiger partial charge in [-0.15, -0.1) is 0 Å². The average molecular weight is 370 g/mol. The Morgan fingerprint density at radius 1 is 1.00 bits per heavy atom. The molecule has 5 rings (SSSR count). The lowest BCUT2D eigenvalue weighted by Gasteiger charge is -2.38. The first-order valence-electron chi connectivity index (χ1n) is 10.5. The van der Waals surface area contributed by atoms with Gasteiger partial charge in [0.15, 0.2) is 0 Å². The van der Waals surface area contributed by atoms with Crippen LogP contribution < -0.4 is 10.1 Å². The first-order valence-corrected chi connectivity index (χ1v) is 10.5. The molecular formula is C26H27NO. The van der Waals surface area contributed by atoms with Crippen LogP contribution in [0.25, 0.3) is 10.8 Å². The highest BCUT2D eigenvalue weighted by Gasteiger charge is 2.38. The molecule has 1 N–H and O–H groups in total. The third-order valence-corrected chi connectivity index (χ3v) is 6.26. The highest BCUT2D eigenvalue weighted by atomic mass is 16.5. The van der Waals surface area contributed by atoms with Crippen LogP contribution in [0.2, 0.25) is 0 Å². The van der Waals surface area contributed by atoms with E-state index in [2.05, 4.69) is 85.1 Å². The van der Waals surface area contributed by atoms with E-state index in [1.165, 1.54) is 27.6 Å². The predicted molar refractivity (Wildman–Crippen MR) is 117 cm³/mol. The number of benzene rings is 3. The Bertz CT molecular complexity index is 1020. The summed E-state index contributed by atoms with van der Waals surface area (Å²) in [5, 5.41) is 6.55. The number of nitrogens with one attached hydrogen (secondary N) is 1. The maximum absolute atomic E-state index is 5.98. The number of anilines is 1. The fraction of sp³-hybridized carbons (Fsp3) is 0.308. The predicted octanol–water partition coefficient (Wildman–Crippen LogP) is 6.85. The number of unbranched alkanes of at least 4 members (excludes halogenated alkanes) is 1. The van der Waals surface area contributed by atoms with Gasteiger partial charge in [-0.3, -0.25) is 0 Å². The molecule has 1 aliphatic carbocycles. The molecule has 1 aliphatic heterocycles. The van der Waals surface area contributed by atoms with Crippen molar-refractivity contribution in [1.29, 1.82) is 0 Å². The van der Waals surface area contributed by atoms with Crippen LogP contribution in [0, 0.1) is 5.92 Å². The first-order chi connectivity index (χ1) is 13.8. The number of allylic oxidation sites excluding steroid dienone is 2. The van der Waals surface area contributed by atoms with Gasteiger partial charge >= 0.3 is 0 Å². The van der Waals surface area contributed by atoms with Crippen LogP contribution in [0.15, 0.2) is 72.8 Å². The highest BCUT2D eigenvalue weighted by Crippen LogP contribution is 2.51. The molecule has 1 heterocycles. The van der Waals surface area contributed by atoms with E-state index in [0.717, 1.165) is 31.6 Å². The second-order valence-corrected chi connectivity index (χ2v) is 7.99. The van der Waals surface area contributed by atoms with Crippen LogP contribution >= 0.6 is 0 Å². The summed E-state index contributed by atoms with van der Waals surface area (Å²) in [7, 11) is 0. The second-order valence-electron chi connectivity index (χ2n) is 7.99. The zero-order valence-corrected chi connectivity index (χ0v) is 16.4. The minimum atomic E-state index is 0.324. The highest BCUT2D eigenvalue weighted by molar-refractivity contribution is 5.86. The van der Waals surface area contributed by atoms with Gasteiger partial charge in [-0.25, -0.2) is 0 Å². The monoisotopic (exact) mass is 369 g/mol. The Kier molecular flexibility index (Phi) is 4.56. The molecule has 3 atom stereocenters. The smallest absolute Gasteiger partial charge is 0.119 e. The standard InChI is InChI=1S/C26H27NO/c1-2-3-16-28-19-14-15-25-24(17-19)21-11-7-13-23(21)26(27-25)22-12-6-9-18-8-4-5-10-20(18)22/h4-12,14-15,17,21,23,26-27H,2-3,13,16H2,1H3. The molecule has 0 saturated carbocycles. The molecule has 142 valence electrons. The van der Waals surface area contributed by atoms with Crippen molar-refractivity contribution in [2.24, 2.45) is 5.92 Å². The zero-order valence-electron chi connectivity index (χ0n) is 16.4. The van der Waals surface area contributed by atoms with E-state index in [-0.39, 0.29) is 0 Å². The van der Waals surface area contributed by atoms with Gasteiger partial charge in [-0.2, -0.15) is 0 Å². The average Bonchev–Trinajstić information content (AvgIpc) is 3.23. The van der Waals surface area contributed by atoms with Crippen LogP contribution in [0.3, 0.4) is 0 Å². The molecule has 3 unspecified atom stereocenters. The van der Waals surface area contributed by atoms with E-state index in [1.54, 1.807) is 0 Å². The SMILES string of the molecule is CCCCOc1ccc2c(c1)C1C=CCC1C(c1cccc3ccccc13)N2. The van der Waals surface area contributed by atoms with Crippen LogP contribution in [-0.2, 0) is 0 Å². The third-order valence-electron chi connectivity index (χ3n) is 6.26. The van der Waals surface area contributed by atoms with Gasteiger partial charge in [0.25, 0.3) is 0 Å². The maximum Gasteiger partial charge on any atom is 0.119 e. The normalized spacial score (nSPS) is 22.5. The topological polar surface area (TPSA) is 21.3 Å². The third kappa shape index (κ3) is 2.97. The van der Waals surface area contributed by atoms with Gasteiger partial charge in [-0.1, -0.05) is 68.0 Å². The summed E-state index contributed by atoms with van der Waals surface area (Å²) >= 11 is 0. The van der Waals surface area contributed by atoms with Gasteiger partial charge < -0.3 is 10.1 Å². The fourth-order valence-corrected chi connectivity index (χ4v) is 4.83. The summed E-state index contributed by atoms with van der Waals surface area (Å²) < 4.78 is 5.98. The first kappa shape index (κ1) is 17.4. The van der Waals surface area contributed by atoms with Gasteiger partial charge in [0.2, 0.25) is 0 Å². The Morgan fingerprint density at radius 3 is 2.82 bits per heavy atom. The minimum absolute atomic E-state index is 0.324. The Hall–Kier alpha value is -2.74. The number of hydrogen-bond acceptors (Lipinski definition) is 2. The van der Waals surface area contributed by atoms with Crippen molar-refractivity contribution >= 4 is 16.5 Å². The summed E-state index contributed by atoms with van der Waals surface area (Å²) in [4.78, 5) is 0. The molecule has 0 radical (unpaired) electrons. The van der Waals surface area contributed by atoms with Gasteiger partial charge in [0.05, 0.1) is 12.6 Å². The van der Waals surface area contributed by atoms with E-state index < -0.39 is 0 Å². The molecule has 2 heteroatoms. The van der Waals surface area contributed by atoms with Crippen molar-refractivity contribution in [3.8, 4) is 5.75 Å². The van der Waals surface area contributed by atoms with Gasteiger partial charge in [-0.05, 0) is 58.9 Å². The molecule has 2 aliphatic rings. The van der Waals surface area contributed by atoms with Crippen molar-refractivity contribution in [2.45, 2.75) is 38.1 Å². The Labute approximate surface area is 167 Å². The van der Waals surface area contributed by atoms with Crippen LogP contribution in [0.1, 0.15) is 49.3 Å². The molecular weight excluding hydrogens is 342 g/mol. The van der Waals surface area contributed by atoms with Crippen LogP contribution in [0.4, 0.5) is 5.69 Å². The molecule has 3 aromatic rings. The second kappa shape index (κ2) is 7.35. The molecule has 0 spiro atoms. The molecule has 0 bridgehead atoms.